The summed E-state index contributed by atoms with van der Waals surface area (Å²) in [5, 5.41) is 8.27. The monoisotopic (exact) mass is 260 g/mol. The smallest absolute Gasteiger partial charge is 0.319 e. The molecule has 5 nitrogen and oxygen atoms in total. The molecule has 6 heteroatoms. The molecule has 0 heterocycles. The number of thioether (sulfide) groups is 1. The summed E-state index contributed by atoms with van der Waals surface area (Å²) in [6.07, 6.45) is 7.42. The van der Waals surface area contributed by atoms with Crippen molar-refractivity contribution in [1.29, 1.82) is 0 Å². The molecule has 2 amide bonds. The fourth-order valence-electron chi connectivity index (χ4n) is 1.26. The molecule has 0 aliphatic heterocycles. The van der Waals surface area contributed by atoms with Gasteiger partial charge in [-0.05, 0) is 24.3 Å². The maximum atomic E-state index is 11.0. The summed E-state index contributed by atoms with van der Waals surface area (Å²) >= 11 is 1.96. The number of unbranched alkanes of at least 4 members (excludes halogenated alkanes) is 3. The number of hydrazone groups is 1. The Kier molecular flexibility index (Phi) is 12.5. The average molecular weight is 260 g/mol. The molecule has 0 spiro atoms. The van der Waals surface area contributed by atoms with Gasteiger partial charge in [-0.3, -0.25) is 5.32 Å². The minimum Gasteiger partial charge on any atom is -0.338 e. The number of hydrogen-bond acceptors (Lipinski definition) is 4. The van der Waals surface area contributed by atoms with Crippen molar-refractivity contribution in [3.63, 3.8) is 0 Å². The second-order valence-corrected chi connectivity index (χ2v) is 4.93. The van der Waals surface area contributed by atoms with E-state index in [0.29, 0.717) is 6.54 Å². The lowest BCUT2D eigenvalue weighted by molar-refractivity contribution is 0.245. The van der Waals surface area contributed by atoms with Gasteiger partial charge in [-0.2, -0.15) is 16.9 Å². The summed E-state index contributed by atoms with van der Waals surface area (Å²) in [5.74, 6) is 7.17. The van der Waals surface area contributed by atoms with Crippen molar-refractivity contribution in [2.45, 2.75) is 39.0 Å². The van der Waals surface area contributed by atoms with Gasteiger partial charge in [0.2, 0.25) is 0 Å². The van der Waals surface area contributed by atoms with Gasteiger partial charge in [0.05, 0.1) is 0 Å². The van der Waals surface area contributed by atoms with Gasteiger partial charge < -0.3 is 11.2 Å². The number of nitrogens with zero attached hydrogens (tertiary/aromatic N) is 1. The lowest BCUT2D eigenvalue weighted by Gasteiger charge is -2.04. The minimum atomic E-state index is -0.257. The molecule has 4 N–H and O–H groups in total. The van der Waals surface area contributed by atoms with Crippen molar-refractivity contribution in [2.24, 2.45) is 10.9 Å². The summed E-state index contributed by atoms with van der Waals surface area (Å²) in [7, 11) is 0. The normalized spacial score (nSPS) is 10.6. The zero-order chi connectivity index (χ0) is 12.8. The largest absolute Gasteiger partial charge is 0.338 e. The lowest BCUT2D eigenvalue weighted by Crippen LogP contribution is -2.35. The van der Waals surface area contributed by atoms with Crippen LogP contribution in [0, 0.1) is 0 Å². The van der Waals surface area contributed by atoms with Gasteiger partial charge in [-0.1, -0.05) is 26.2 Å². The standard InChI is InChI=1S/C11H24N4OS/c1-2-3-4-5-8-17-9-6-7-13-11(16)14-10-15-12/h10H,2-9,12H2,1H3,(H2,13,14,15,16). The Hall–Kier alpha value is -0.910. The van der Waals surface area contributed by atoms with Crippen molar-refractivity contribution in [2.75, 3.05) is 18.1 Å². The first kappa shape index (κ1) is 16.1. The molecular weight excluding hydrogens is 236 g/mol. The number of nitrogens with two attached hydrogens (primary N) is 1. The van der Waals surface area contributed by atoms with Crippen LogP contribution in [0.4, 0.5) is 4.79 Å². The van der Waals surface area contributed by atoms with E-state index < -0.39 is 0 Å². The van der Waals surface area contributed by atoms with Crippen molar-refractivity contribution in [1.82, 2.24) is 10.6 Å². The number of nitrogens with one attached hydrogen (secondary N) is 2. The molecule has 17 heavy (non-hydrogen) atoms. The number of hydrogen-bond donors (Lipinski definition) is 3. The molecule has 0 rings (SSSR count). The van der Waals surface area contributed by atoms with Crippen LogP contribution in [-0.2, 0) is 0 Å². The summed E-state index contributed by atoms with van der Waals surface area (Å²) in [4.78, 5) is 11.0. The Morgan fingerprint density at radius 3 is 2.76 bits per heavy atom. The molecule has 0 bridgehead atoms. The predicted octanol–water partition coefficient (Wildman–Crippen LogP) is 1.89. The first-order valence-electron chi connectivity index (χ1n) is 6.15. The molecule has 0 fully saturated rings. The first-order valence-corrected chi connectivity index (χ1v) is 7.30. The number of rotatable bonds is 10. The van der Waals surface area contributed by atoms with Gasteiger partial charge in [-0.15, -0.1) is 0 Å². The maximum absolute atomic E-state index is 11.0. The topological polar surface area (TPSA) is 79.5 Å². The zero-order valence-corrected chi connectivity index (χ0v) is 11.4. The van der Waals surface area contributed by atoms with Gasteiger partial charge in [0.25, 0.3) is 0 Å². The van der Waals surface area contributed by atoms with E-state index in [-0.39, 0.29) is 6.03 Å². The van der Waals surface area contributed by atoms with E-state index in [4.69, 9.17) is 5.84 Å². The fraction of sp³-hybridized carbons (Fsp3) is 0.818. The molecule has 0 radical (unpaired) electrons. The highest BCUT2D eigenvalue weighted by atomic mass is 32.2. The van der Waals surface area contributed by atoms with Gasteiger partial charge >= 0.3 is 6.03 Å². The van der Waals surface area contributed by atoms with E-state index in [2.05, 4.69) is 22.7 Å². The summed E-state index contributed by atoms with van der Waals surface area (Å²) in [5.41, 5.74) is 0. The fourth-order valence-corrected chi connectivity index (χ4v) is 2.22. The van der Waals surface area contributed by atoms with Gasteiger partial charge in [0, 0.05) is 6.54 Å². The Labute approximate surface area is 108 Å². The van der Waals surface area contributed by atoms with Gasteiger partial charge in [-0.25, -0.2) is 4.79 Å². The molecule has 0 unspecified atom stereocenters. The first-order chi connectivity index (χ1) is 8.31. The highest BCUT2D eigenvalue weighted by Crippen LogP contribution is 2.08. The molecule has 0 saturated heterocycles. The number of carbonyl (C=O) groups excluding carboxylic acids is 1. The highest BCUT2D eigenvalue weighted by molar-refractivity contribution is 7.99. The molecule has 100 valence electrons. The van der Waals surface area contributed by atoms with Crippen LogP contribution in [0.5, 0.6) is 0 Å². The minimum absolute atomic E-state index is 0.257. The van der Waals surface area contributed by atoms with Crippen LogP contribution in [0.1, 0.15) is 39.0 Å². The van der Waals surface area contributed by atoms with E-state index in [1.54, 1.807) is 0 Å². The third-order valence-corrected chi connectivity index (χ3v) is 3.32. The van der Waals surface area contributed by atoms with Crippen LogP contribution in [-0.4, -0.2) is 30.4 Å². The Morgan fingerprint density at radius 1 is 1.29 bits per heavy atom. The summed E-state index contributed by atoms with van der Waals surface area (Å²) < 4.78 is 0. The summed E-state index contributed by atoms with van der Waals surface area (Å²) in [6, 6.07) is -0.257. The van der Waals surface area contributed by atoms with Crippen LogP contribution in [0.3, 0.4) is 0 Å². The SMILES string of the molecule is CCCCCCSCCCNC(=O)NC=NN. The second-order valence-electron chi connectivity index (χ2n) is 3.70. The number of amides is 2. The molecule has 0 aromatic carbocycles. The quantitative estimate of drug-likeness (QED) is 0.184. The van der Waals surface area contributed by atoms with Crippen molar-refractivity contribution >= 4 is 24.1 Å². The van der Waals surface area contributed by atoms with Crippen molar-refractivity contribution < 1.29 is 4.79 Å². The molecule has 0 aromatic rings. The van der Waals surface area contributed by atoms with E-state index >= 15 is 0 Å². The summed E-state index contributed by atoms with van der Waals surface area (Å²) in [6.45, 7) is 2.91. The molecule has 0 aromatic heterocycles. The van der Waals surface area contributed by atoms with Crippen LogP contribution < -0.4 is 16.5 Å². The highest BCUT2D eigenvalue weighted by Gasteiger charge is 1.96. The average Bonchev–Trinajstić information content (AvgIpc) is 2.34. The van der Waals surface area contributed by atoms with E-state index in [1.165, 1.54) is 31.4 Å². The van der Waals surface area contributed by atoms with Crippen LogP contribution >= 0.6 is 11.8 Å². The van der Waals surface area contributed by atoms with Crippen LogP contribution in [0.15, 0.2) is 5.10 Å². The molecule has 0 aliphatic carbocycles. The third-order valence-electron chi connectivity index (χ3n) is 2.16. The predicted molar refractivity (Wildman–Crippen MR) is 75.3 cm³/mol. The van der Waals surface area contributed by atoms with Crippen LogP contribution in [0.25, 0.3) is 0 Å². The molecular formula is C11H24N4OS. The van der Waals surface area contributed by atoms with Crippen molar-refractivity contribution in [3.8, 4) is 0 Å². The van der Waals surface area contributed by atoms with Gasteiger partial charge in [0.15, 0.2) is 0 Å². The Bertz CT molecular complexity index is 212. The number of carbonyl (C=O) groups is 1. The Balaban J connectivity index is 3.10. The van der Waals surface area contributed by atoms with Crippen molar-refractivity contribution in [3.05, 3.63) is 0 Å². The Morgan fingerprint density at radius 2 is 2.06 bits per heavy atom. The lowest BCUT2D eigenvalue weighted by atomic mass is 10.2. The maximum Gasteiger partial charge on any atom is 0.319 e. The zero-order valence-electron chi connectivity index (χ0n) is 10.6. The van der Waals surface area contributed by atoms with E-state index in [9.17, 15) is 4.79 Å². The second kappa shape index (κ2) is 13.2. The van der Waals surface area contributed by atoms with E-state index in [1.807, 2.05) is 11.8 Å². The van der Waals surface area contributed by atoms with E-state index in [0.717, 1.165) is 18.5 Å². The van der Waals surface area contributed by atoms with Gasteiger partial charge in [0.1, 0.15) is 6.34 Å². The van der Waals surface area contributed by atoms with Crippen LogP contribution in [0.2, 0.25) is 0 Å². The third kappa shape index (κ3) is 13.0. The molecule has 0 atom stereocenters. The molecule has 0 saturated carbocycles. The molecule has 0 aliphatic rings. The number of urea groups is 1.